The highest BCUT2D eigenvalue weighted by atomic mass is 16.3. The molecule has 0 aromatic rings. The van der Waals surface area contributed by atoms with Gasteiger partial charge in [0, 0.05) is 0 Å². The molecule has 0 aliphatic carbocycles. The van der Waals surface area contributed by atoms with Gasteiger partial charge in [0.25, 0.3) is 0 Å². The fraction of sp³-hybridized carbons (Fsp3) is 0.875. The van der Waals surface area contributed by atoms with Crippen molar-refractivity contribution in [3.8, 4) is 0 Å². The minimum Gasteiger partial charge on any atom is -0.390 e. The lowest BCUT2D eigenvalue weighted by atomic mass is 10.0. The molecule has 0 rings (SSSR count). The van der Waals surface area contributed by atoms with Crippen molar-refractivity contribution in [2.45, 2.75) is 79.8 Å². The van der Waals surface area contributed by atoms with E-state index in [2.05, 4.69) is 46.8 Å². The summed E-state index contributed by atoms with van der Waals surface area (Å²) in [5, 5.41) is 9.44. The predicted octanol–water partition coefficient (Wildman–Crippen LogP) is 5.19. The molecular weight excluding hydrogens is 208 g/mol. The fourth-order valence-electron chi connectivity index (χ4n) is 1.19. The first-order valence-electron chi connectivity index (χ1n) is 7.04. The molecule has 17 heavy (non-hydrogen) atoms. The molecule has 0 unspecified atom stereocenters. The Bertz CT molecular complexity index is 170. The second kappa shape index (κ2) is 10.8. The van der Waals surface area contributed by atoms with Crippen LogP contribution in [0.2, 0.25) is 0 Å². The molecule has 0 aliphatic rings. The predicted molar refractivity (Wildman–Crippen MR) is 79.3 cm³/mol. The van der Waals surface area contributed by atoms with Crippen molar-refractivity contribution in [3.05, 3.63) is 12.2 Å². The van der Waals surface area contributed by atoms with Crippen LogP contribution < -0.4 is 0 Å². The van der Waals surface area contributed by atoms with Crippen LogP contribution in [0.4, 0.5) is 0 Å². The average molecular weight is 242 g/mol. The number of aliphatic hydroxyl groups is 1. The lowest BCUT2D eigenvalue weighted by Crippen LogP contribution is -2.17. The molecule has 0 saturated carbocycles. The summed E-state index contributed by atoms with van der Waals surface area (Å²) in [6.45, 7) is 14.6. The van der Waals surface area contributed by atoms with E-state index in [9.17, 15) is 5.11 Å². The van der Waals surface area contributed by atoms with Crippen LogP contribution in [0, 0.1) is 11.8 Å². The summed E-state index contributed by atoms with van der Waals surface area (Å²) in [5.41, 5.74) is -0.484. The zero-order chi connectivity index (χ0) is 13.9. The normalized spacial score (nSPS) is 12.1. The highest BCUT2D eigenvalue weighted by Crippen LogP contribution is 2.13. The van der Waals surface area contributed by atoms with Gasteiger partial charge in [0.2, 0.25) is 0 Å². The second-order valence-electron chi connectivity index (χ2n) is 6.46. The Morgan fingerprint density at radius 2 is 1.47 bits per heavy atom. The first kappa shape index (κ1) is 19.0. The van der Waals surface area contributed by atoms with Gasteiger partial charge in [0.15, 0.2) is 0 Å². The smallest absolute Gasteiger partial charge is 0.0591 e. The van der Waals surface area contributed by atoms with Crippen molar-refractivity contribution in [1.82, 2.24) is 0 Å². The van der Waals surface area contributed by atoms with Crippen LogP contribution in [0.3, 0.4) is 0 Å². The Balaban J connectivity index is 0. The van der Waals surface area contributed by atoms with Crippen LogP contribution in [0.15, 0.2) is 12.2 Å². The van der Waals surface area contributed by atoms with E-state index in [-0.39, 0.29) is 0 Å². The standard InChI is InChI=1S/C12H24O.C4H10/c1-11(2)9-7-5-6-8-10-12(3,4)13;1-4(2)3/h7,9,11,13H,5-6,8,10H2,1-4H3;4H,1-3H3/b9-7+;. The van der Waals surface area contributed by atoms with E-state index >= 15 is 0 Å². The van der Waals surface area contributed by atoms with Gasteiger partial charge in [-0.1, -0.05) is 53.2 Å². The van der Waals surface area contributed by atoms with Crippen molar-refractivity contribution in [1.29, 1.82) is 0 Å². The third-order valence-electron chi connectivity index (χ3n) is 1.93. The first-order chi connectivity index (χ1) is 7.65. The largest absolute Gasteiger partial charge is 0.390 e. The van der Waals surface area contributed by atoms with Gasteiger partial charge < -0.3 is 5.11 Å². The van der Waals surface area contributed by atoms with Crippen LogP contribution in [0.5, 0.6) is 0 Å². The zero-order valence-electron chi connectivity index (χ0n) is 13.1. The summed E-state index contributed by atoms with van der Waals surface area (Å²) in [6, 6.07) is 0. The number of hydrogen-bond donors (Lipinski definition) is 1. The monoisotopic (exact) mass is 242 g/mol. The van der Waals surface area contributed by atoms with Gasteiger partial charge in [-0.15, -0.1) is 0 Å². The van der Waals surface area contributed by atoms with Crippen LogP contribution in [0.1, 0.15) is 74.1 Å². The number of unbranched alkanes of at least 4 members (excludes halogenated alkanes) is 2. The molecular formula is C16H34O. The maximum absolute atomic E-state index is 9.44. The minimum absolute atomic E-state index is 0.484. The van der Waals surface area contributed by atoms with E-state index in [1.807, 2.05) is 13.8 Å². The molecule has 0 amide bonds. The Labute approximate surface area is 109 Å². The Morgan fingerprint density at radius 3 is 1.82 bits per heavy atom. The van der Waals surface area contributed by atoms with Gasteiger partial charge in [-0.2, -0.15) is 0 Å². The quantitative estimate of drug-likeness (QED) is 0.502. The molecule has 0 aliphatic heterocycles. The maximum atomic E-state index is 9.44. The van der Waals surface area contributed by atoms with Crippen molar-refractivity contribution >= 4 is 0 Å². The number of allylic oxidation sites excluding steroid dienone is 2. The van der Waals surface area contributed by atoms with E-state index in [1.165, 1.54) is 6.42 Å². The Kier molecular flexibility index (Phi) is 12.1. The highest BCUT2D eigenvalue weighted by Gasteiger charge is 2.10. The molecule has 0 radical (unpaired) electrons. The molecule has 0 aromatic heterocycles. The molecule has 0 fully saturated rings. The molecule has 0 spiro atoms. The zero-order valence-corrected chi connectivity index (χ0v) is 13.1. The molecule has 0 atom stereocenters. The SMILES string of the molecule is CC(C)/C=C/CCCCC(C)(C)O.CC(C)C. The van der Waals surface area contributed by atoms with Crippen LogP contribution in [-0.2, 0) is 0 Å². The number of rotatable bonds is 6. The second-order valence-corrected chi connectivity index (χ2v) is 6.46. The summed E-state index contributed by atoms with van der Waals surface area (Å²) >= 11 is 0. The van der Waals surface area contributed by atoms with Gasteiger partial charge in [-0.25, -0.2) is 0 Å². The molecule has 1 nitrogen and oxygen atoms in total. The van der Waals surface area contributed by atoms with Gasteiger partial charge in [0.1, 0.15) is 0 Å². The lowest BCUT2D eigenvalue weighted by molar-refractivity contribution is 0.0683. The van der Waals surface area contributed by atoms with Crippen molar-refractivity contribution in [2.24, 2.45) is 11.8 Å². The van der Waals surface area contributed by atoms with E-state index < -0.39 is 5.60 Å². The third-order valence-corrected chi connectivity index (χ3v) is 1.93. The topological polar surface area (TPSA) is 20.2 Å². The van der Waals surface area contributed by atoms with E-state index in [1.54, 1.807) is 0 Å². The van der Waals surface area contributed by atoms with E-state index in [4.69, 9.17) is 0 Å². The van der Waals surface area contributed by atoms with Crippen molar-refractivity contribution in [2.75, 3.05) is 0 Å². The van der Waals surface area contributed by atoms with Crippen LogP contribution >= 0.6 is 0 Å². The highest BCUT2D eigenvalue weighted by molar-refractivity contribution is 4.84. The summed E-state index contributed by atoms with van der Waals surface area (Å²) in [4.78, 5) is 0. The molecule has 0 bridgehead atoms. The van der Waals surface area contributed by atoms with Gasteiger partial charge in [0.05, 0.1) is 5.60 Å². The summed E-state index contributed by atoms with van der Waals surface area (Å²) in [7, 11) is 0. The maximum Gasteiger partial charge on any atom is 0.0591 e. The third kappa shape index (κ3) is 31.3. The van der Waals surface area contributed by atoms with Crippen molar-refractivity contribution < 1.29 is 5.11 Å². The Morgan fingerprint density at radius 1 is 1.00 bits per heavy atom. The molecule has 0 heterocycles. The van der Waals surface area contributed by atoms with E-state index in [0.717, 1.165) is 25.2 Å². The van der Waals surface area contributed by atoms with Gasteiger partial charge in [-0.05, 0) is 44.9 Å². The Hall–Kier alpha value is -0.300. The van der Waals surface area contributed by atoms with Crippen LogP contribution in [-0.4, -0.2) is 10.7 Å². The number of hydrogen-bond acceptors (Lipinski definition) is 1. The molecule has 104 valence electrons. The molecule has 0 aromatic carbocycles. The minimum atomic E-state index is -0.484. The summed E-state index contributed by atoms with van der Waals surface area (Å²) in [6.07, 6.45) is 8.84. The molecule has 1 heteroatoms. The van der Waals surface area contributed by atoms with Crippen LogP contribution in [0.25, 0.3) is 0 Å². The average Bonchev–Trinajstić information content (AvgIpc) is 2.07. The van der Waals surface area contributed by atoms with Gasteiger partial charge >= 0.3 is 0 Å². The van der Waals surface area contributed by atoms with Crippen molar-refractivity contribution in [3.63, 3.8) is 0 Å². The van der Waals surface area contributed by atoms with E-state index in [0.29, 0.717) is 5.92 Å². The van der Waals surface area contributed by atoms with Gasteiger partial charge in [-0.3, -0.25) is 0 Å². The lowest BCUT2D eigenvalue weighted by Gasteiger charge is -2.15. The summed E-state index contributed by atoms with van der Waals surface area (Å²) in [5.74, 6) is 1.49. The first-order valence-corrected chi connectivity index (χ1v) is 7.04. The summed E-state index contributed by atoms with van der Waals surface area (Å²) < 4.78 is 0. The molecule has 1 N–H and O–H groups in total. The molecule has 0 saturated heterocycles. The fourth-order valence-corrected chi connectivity index (χ4v) is 1.19.